The van der Waals surface area contributed by atoms with Gasteiger partial charge in [-0.3, -0.25) is 9.59 Å². The third-order valence-electron chi connectivity index (χ3n) is 5.44. The maximum Gasteiger partial charge on any atom is 0.274 e. The summed E-state index contributed by atoms with van der Waals surface area (Å²) in [5.74, 6) is -0.273. The molecule has 2 fully saturated rings. The van der Waals surface area contributed by atoms with Crippen LogP contribution in [-0.4, -0.2) is 61.1 Å². The summed E-state index contributed by atoms with van der Waals surface area (Å²) in [4.78, 5) is 34.1. The summed E-state index contributed by atoms with van der Waals surface area (Å²) < 4.78 is 5.97. The van der Waals surface area contributed by atoms with E-state index in [0.717, 1.165) is 31.6 Å². The van der Waals surface area contributed by atoms with Crippen molar-refractivity contribution in [3.05, 3.63) is 52.3 Å². The zero-order chi connectivity index (χ0) is 20.9. The van der Waals surface area contributed by atoms with Gasteiger partial charge in [0.2, 0.25) is 0 Å². The minimum Gasteiger partial charge on any atom is -0.378 e. The van der Waals surface area contributed by atoms with Crippen LogP contribution in [0.15, 0.2) is 41.0 Å². The van der Waals surface area contributed by atoms with Gasteiger partial charge in [-0.25, -0.2) is 4.98 Å². The van der Waals surface area contributed by atoms with E-state index >= 15 is 0 Å². The van der Waals surface area contributed by atoms with Gasteiger partial charge in [0.1, 0.15) is 10.3 Å². The molecule has 1 N–H and O–H groups in total. The summed E-state index contributed by atoms with van der Waals surface area (Å²) in [7, 11) is 0. The number of carbonyl (C=O) groups is 2. The van der Waals surface area contributed by atoms with Crippen LogP contribution in [-0.2, 0) is 4.74 Å². The number of nitrogens with one attached hydrogen (secondary N) is 1. The second-order valence-electron chi connectivity index (χ2n) is 7.48. The maximum atomic E-state index is 13.0. The monoisotopic (exact) mass is 472 g/mol. The van der Waals surface area contributed by atoms with Gasteiger partial charge in [0.25, 0.3) is 11.8 Å². The molecule has 1 aromatic carbocycles. The zero-order valence-corrected chi connectivity index (χ0v) is 18.4. The van der Waals surface area contributed by atoms with Crippen molar-refractivity contribution < 1.29 is 14.3 Å². The molecule has 158 valence electrons. The van der Waals surface area contributed by atoms with Gasteiger partial charge < -0.3 is 19.9 Å². The van der Waals surface area contributed by atoms with Crippen LogP contribution in [0.4, 0.5) is 11.4 Å². The number of ether oxygens (including phenoxy) is 1. The Labute approximate surface area is 184 Å². The SMILES string of the molecule is O=C(Nc1ccc(C(=O)N2CCOCC2)cc1N1CCCCC1)c1cccc(Br)n1. The molecule has 0 spiro atoms. The Morgan fingerprint density at radius 3 is 2.50 bits per heavy atom. The molecule has 2 amide bonds. The first-order valence-corrected chi connectivity index (χ1v) is 11.1. The molecule has 30 heavy (non-hydrogen) atoms. The number of nitrogens with zero attached hydrogens (tertiary/aromatic N) is 3. The molecule has 0 unspecified atom stereocenters. The number of piperidine rings is 1. The molecule has 1 aromatic heterocycles. The summed E-state index contributed by atoms with van der Waals surface area (Å²) in [5.41, 5.74) is 2.55. The lowest BCUT2D eigenvalue weighted by Gasteiger charge is -2.32. The predicted octanol–water partition coefficient (Wildman–Crippen LogP) is 3.56. The van der Waals surface area contributed by atoms with E-state index in [1.807, 2.05) is 17.0 Å². The van der Waals surface area contributed by atoms with E-state index in [9.17, 15) is 9.59 Å². The van der Waals surface area contributed by atoms with E-state index in [0.29, 0.717) is 47.9 Å². The number of benzene rings is 1. The second-order valence-corrected chi connectivity index (χ2v) is 8.30. The van der Waals surface area contributed by atoms with Crippen LogP contribution in [0.2, 0.25) is 0 Å². The third-order valence-corrected chi connectivity index (χ3v) is 5.88. The molecule has 2 aliphatic rings. The Hall–Kier alpha value is -2.45. The van der Waals surface area contributed by atoms with Gasteiger partial charge in [0.15, 0.2) is 0 Å². The average Bonchev–Trinajstić information content (AvgIpc) is 2.80. The Morgan fingerprint density at radius 1 is 1.00 bits per heavy atom. The molecular weight excluding hydrogens is 448 g/mol. The number of halogens is 1. The van der Waals surface area contributed by atoms with Crippen LogP contribution in [0.5, 0.6) is 0 Å². The van der Waals surface area contributed by atoms with Gasteiger partial charge in [-0.05, 0) is 65.5 Å². The van der Waals surface area contributed by atoms with Crippen LogP contribution in [0.3, 0.4) is 0 Å². The van der Waals surface area contributed by atoms with Crippen LogP contribution in [0, 0.1) is 0 Å². The normalized spacial score (nSPS) is 17.0. The van der Waals surface area contributed by atoms with Gasteiger partial charge >= 0.3 is 0 Å². The van der Waals surface area contributed by atoms with Gasteiger partial charge in [0, 0.05) is 31.7 Å². The fourth-order valence-electron chi connectivity index (χ4n) is 3.84. The number of carbonyl (C=O) groups excluding carboxylic acids is 2. The molecule has 2 aliphatic heterocycles. The number of hydrogen-bond acceptors (Lipinski definition) is 5. The highest BCUT2D eigenvalue weighted by molar-refractivity contribution is 9.10. The van der Waals surface area contributed by atoms with Crippen molar-refractivity contribution in [2.75, 3.05) is 49.6 Å². The van der Waals surface area contributed by atoms with Crippen LogP contribution in [0.1, 0.15) is 40.1 Å². The first-order chi connectivity index (χ1) is 14.6. The number of pyridine rings is 1. The summed E-state index contributed by atoms with van der Waals surface area (Å²) in [6.45, 7) is 4.16. The van der Waals surface area contributed by atoms with E-state index in [4.69, 9.17) is 4.74 Å². The van der Waals surface area contributed by atoms with E-state index in [-0.39, 0.29) is 11.8 Å². The van der Waals surface area contributed by atoms with Crippen molar-refractivity contribution in [3.8, 4) is 0 Å². The topological polar surface area (TPSA) is 74.8 Å². The fraction of sp³-hybridized carbons (Fsp3) is 0.409. The van der Waals surface area contributed by atoms with Crippen LogP contribution >= 0.6 is 15.9 Å². The number of amides is 2. The predicted molar refractivity (Wildman–Crippen MR) is 119 cm³/mol. The van der Waals surface area contributed by atoms with Gasteiger partial charge in [0.05, 0.1) is 24.6 Å². The standard InChI is InChI=1S/C22H25BrN4O3/c23-20-6-4-5-18(24-20)21(28)25-17-8-7-16(22(29)27-11-13-30-14-12-27)15-19(17)26-9-2-1-3-10-26/h4-8,15H,1-3,9-14H2,(H,25,28). The number of morpholine rings is 1. The van der Waals surface area contributed by atoms with Crippen molar-refractivity contribution in [2.24, 2.45) is 0 Å². The van der Waals surface area contributed by atoms with E-state index in [1.54, 1.807) is 24.3 Å². The Morgan fingerprint density at radius 2 is 1.77 bits per heavy atom. The van der Waals surface area contributed by atoms with Crippen molar-refractivity contribution in [1.29, 1.82) is 0 Å². The van der Waals surface area contributed by atoms with Crippen LogP contribution < -0.4 is 10.2 Å². The zero-order valence-electron chi connectivity index (χ0n) is 16.8. The second kappa shape index (κ2) is 9.57. The molecule has 0 saturated carbocycles. The molecular formula is C22H25BrN4O3. The molecule has 0 radical (unpaired) electrons. The number of rotatable bonds is 4. The van der Waals surface area contributed by atoms with E-state index in [1.165, 1.54) is 6.42 Å². The fourth-order valence-corrected chi connectivity index (χ4v) is 4.18. The lowest BCUT2D eigenvalue weighted by atomic mass is 10.1. The third kappa shape index (κ3) is 4.82. The smallest absolute Gasteiger partial charge is 0.274 e. The highest BCUT2D eigenvalue weighted by Gasteiger charge is 2.22. The molecule has 2 saturated heterocycles. The number of hydrogen-bond donors (Lipinski definition) is 1. The molecule has 0 bridgehead atoms. The highest BCUT2D eigenvalue weighted by Crippen LogP contribution is 2.31. The van der Waals surface area contributed by atoms with Crippen molar-refractivity contribution in [3.63, 3.8) is 0 Å². The Kier molecular flexibility index (Phi) is 6.64. The maximum absolute atomic E-state index is 13.0. The number of anilines is 2. The quantitative estimate of drug-likeness (QED) is 0.688. The van der Waals surface area contributed by atoms with Crippen molar-refractivity contribution in [1.82, 2.24) is 9.88 Å². The summed E-state index contributed by atoms with van der Waals surface area (Å²) in [6.07, 6.45) is 3.40. The Balaban J connectivity index is 1.61. The molecule has 0 aliphatic carbocycles. The summed E-state index contributed by atoms with van der Waals surface area (Å²) >= 11 is 3.31. The molecule has 3 heterocycles. The summed E-state index contributed by atoms with van der Waals surface area (Å²) in [6, 6.07) is 10.8. The average molecular weight is 473 g/mol. The first kappa shape index (κ1) is 20.8. The van der Waals surface area contributed by atoms with Crippen molar-refractivity contribution in [2.45, 2.75) is 19.3 Å². The molecule has 7 nitrogen and oxygen atoms in total. The summed E-state index contributed by atoms with van der Waals surface area (Å²) in [5, 5.41) is 2.99. The van der Waals surface area contributed by atoms with Gasteiger partial charge in [-0.1, -0.05) is 6.07 Å². The van der Waals surface area contributed by atoms with Crippen LogP contribution in [0.25, 0.3) is 0 Å². The molecule has 4 rings (SSSR count). The minimum absolute atomic E-state index is 0.00286. The number of aromatic nitrogens is 1. The van der Waals surface area contributed by atoms with Crippen molar-refractivity contribution >= 4 is 39.1 Å². The van der Waals surface area contributed by atoms with Gasteiger partial charge in [-0.2, -0.15) is 0 Å². The largest absolute Gasteiger partial charge is 0.378 e. The van der Waals surface area contributed by atoms with E-state index < -0.39 is 0 Å². The van der Waals surface area contributed by atoms with E-state index in [2.05, 4.69) is 31.1 Å². The van der Waals surface area contributed by atoms with Gasteiger partial charge in [-0.15, -0.1) is 0 Å². The first-order valence-electron chi connectivity index (χ1n) is 10.3. The molecule has 0 atom stereocenters. The molecule has 2 aromatic rings. The highest BCUT2D eigenvalue weighted by atomic mass is 79.9. The lowest BCUT2D eigenvalue weighted by molar-refractivity contribution is 0.0303. The minimum atomic E-state index is -0.276. The Bertz CT molecular complexity index is 924. The molecule has 8 heteroatoms. The lowest BCUT2D eigenvalue weighted by Crippen LogP contribution is -2.40.